The molecule has 0 radical (unpaired) electrons. The molecule has 3 heterocycles. The topological polar surface area (TPSA) is 93.9 Å². The molecule has 0 bridgehead atoms. The van der Waals surface area contributed by atoms with E-state index in [0.717, 1.165) is 37.1 Å². The van der Waals surface area contributed by atoms with Gasteiger partial charge in [-0.25, -0.2) is 5.10 Å². The van der Waals surface area contributed by atoms with Crippen molar-refractivity contribution in [2.75, 3.05) is 18.0 Å². The van der Waals surface area contributed by atoms with Crippen LogP contribution in [0.15, 0.2) is 47.4 Å². The van der Waals surface area contributed by atoms with Crippen LogP contribution in [0.3, 0.4) is 0 Å². The molecule has 3 N–H and O–H groups in total. The lowest BCUT2D eigenvalue weighted by atomic mass is 10.1. The maximum atomic E-state index is 12.3. The third-order valence-electron chi connectivity index (χ3n) is 5.07. The fourth-order valence-electron chi connectivity index (χ4n) is 3.68. The molecule has 1 aromatic carbocycles. The number of aromatic nitrogens is 3. The van der Waals surface area contributed by atoms with Crippen LogP contribution in [-0.4, -0.2) is 40.2 Å². The van der Waals surface area contributed by atoms with Gasteiger partial charge in [-0.15, -0.1) is 0 Å². The molecule has 1 fully saturated rings. The van der Waals surface area contributed by atoms with Crippen LogP contribution in [-0.2, 0) is 11.2 Å². The summed E-state index contributed by atoms with van der Waals surface area (Å²) in [5, 5.41) is 10.9. The van der Waals surface area contributed by atoms with Gasteiger partial charge in [-0.3, -0.25) is 9.59 Å². The van der Waals surface area contributed by atoms with E-state index in [4.69, 9.17) is 0 Å². The Balaban J connectivity index is 1.24. The number of hydrogen-bond donors (Lipinski definition) is 3. The summed E-state index contributed by atoms with van der Waals surface area (Å²) >= 11 is 0. The first kappa shape index (κ1) is 17.3. The van der Waals surface area contributed by atoms with Gasteiger partial charge >= 0.3 is 0 Å². The Morgan fingerprint density at radius 3 is 3.00 bits per heavy atom. The molecule has 1 atom stereocenters. The molecule has 3 aromatic rings. The van der Waals surface area contributed by atoms with Crippen molar-refractivity contribution in [3.8, 4) is 0 Å². The summed E-state index contributed by atoms with van der Waals surface area (Å²) in [7, 11) is 0. The first-order valence-electron chi connectivity index (χ1n) is 9.34. The Morgan fingerprint density at radius 1 is 1.26 bits per heavy atom. The second-order valence-electron chi connectivity index (χ2n) is 6.99. The van der Waals surface area contributed by atoms with Gasteiger partial charge in [0, 0.05) is 48.7 Å². The smallest absolute Gasteiger partial charge is 0.264 e. The zero-order valence-corrected chi connectivity index (χ0v) is 15.1. The highest BCUT2D eigenvalue weighted by atomic mass is 16.1. The molecule has 0 saturated carbocycles. The molecular formula is C20H23N5O2. The molecule has 2 aromatic heterocycles. The minimum atomic E-state index is -0.210. The van der Waals surface area contributed by atoms with E-state index < -0.39 is 0 Å². The molecule has 7 nitrogen and oxygen atoms in total. The van der Waals surface area contributed by atoms with Crippen LogP contribution in [0, 0.1) is 0 Å². The molecule has 1 unspecified atom stereocenters. The first-order chi connectivity index (χ1) is 13.2. The Bertz CT molecular complexity index is 973. The maximum absolute atomic E-state index is 12.3. The van der Waals surface area contributed by atoms with Crippen molar-refractivity contribution in [2.45, 2.75) is 31.7 Å². The van der Waals surface area contributed by atoms with E-state index in [1.807, 2.05) is 18.3 Å². The van der Waals surface area contributed by atoms with E-state index >= 15 is 0 Å². The number of rotatable bonds is 6. The number of anilines is 1. The second kappa shape index (κ2) is 7.65. The van der Waals surface area contributed by atoms with E-state index in [1.54, 1.807) is 6.07 Å². The Labute approximate surface area is 156 Å². The van der Waals surface area contributed by atoms with Crippen molar-refractivity contribution in [1.29, 1.82) is 0 Å². The number of benzene rings is 1. The highest BCUT2D eigenvalue weighted by Gasteiger charge is 2.24. The van der Waals surface area contributed by atoms with E-state index in [1.165, 1.54) is 17.0 Å². The zero-order chi connectivity index (χ0) is 18.6. The number of aryl methyl sites for hydroxylation is 1. The monoisotopic (exact) mass is 365 g/mol. The third kappa shape index (κ3) is 4.02. The highest BCUT2D eigenvalue weighted by Crippen LogP contribution is 2.20. The number of aromatic amines is 2. The molecule has 27 heavy (non-hydrogen) atoms. The Kier molecular flexibility index (Phi) is 4.91. The summed E-state index contributed by atoms with van der Waals surface area (Å²) in [5.41, 5.74) is 2.19. The predicted octanol–water partition coefficient (Wildman–Crippen LogP) is 1.97. The van der Waals surface area contributed by atoms with Crippen LogP contribution < -0.4 is 15.8 Å². The van der Waals surface area contributed by atoms with Gasteiger partial charge in [0.15, 0.2) is 0 Å². The van der Waals surface area contributed by atoms with Crippen LogP contribution >= 0.6 is 0 Å². The average Bonchev–Trinajstić information content (AvgIpc) is 3.30. The van der Waals surface area contributed by atoms with Gasteiger partial charge in [-0.2, -0.15) is 5.10 Å². The van der Waals surface area contributed by atoms with Crippen molar-refractivity contribution in [1.82, 2.24) is 20.5 Å². The Hall–Kier alpha value is -3.09. The maximum Gasteiger partial charge on any atom is 0.264 e. The number of para-hydroxylation sites is 1. The van der Waals surface area contributed by atoms with E-state index in [2.05, 4.69) is 37.5 Å². The van der Waals surface area contributed by atoms with Crippen LogP contribution in [0.25, 0.3) is 10.9 Å². The number of amides is 1. The van der Waals surface area contributed by atoms with Crippen LogP contribution in [0.1, 0.15) is 24.8 Å². The summed E-state index contributed by atoms with van der Waals surface area (Å²) in [6, 6.07) is 11.5. The van der Waals surface area contributed by atoms with Gasteiger partial charge in [0.1, 0.15) is 5.82 Å². The first-order valence-corrected chi connectivity index (χ1v) is 9.34. The highest BCUT2D eigenvalue weighted by molar-refractivity contribution is 5.83. The summed E-state index contributed by atoms with van der Waals surface area (Å²) in [6.07, 6.45) is 5.15. The molecule has 0 aliphatic carbocycles. The number of H-pyrrole nitrogens is 2. The van der Waals surface area contributed by atoms with Crippen molar-refractivity contribution >= 4 is 22.6 Å². The minimum absolute atomic E-state index is 0.0936. The van der Waals surface area contributed by atoms with Gasteiger partial charge in [-0.05, 0) is 37.0 Å². The number of carbonyl (C=O) groups excluding carboxylic acids is 1. The lowest BCUT2D eigenvalue weighted by Crippen LogP contribution is -2.37. The normalized spacial score (nSPS) is 16.7. The van der Waals surface area contributed by atoms with Crippen molar-refractivity contribution in [3.63, 3.8) is 0 Å². The van der Waals surface area contributed by atoms with Crippen molar-refractivity contribution in [3.05, 3.63) is 58.5 Å². The molecule has 1 aliphatic heterocycles. The van der Waals surface area contributed by atoms with Gasteiger partial charge in [0.05, 0.1) is 0 Å². The van der Waals surface area contributed by atoms with Gasteiger partial charge < -0.3 is 15.2 Å². The fraction of sp³-hybridized carbons (Fsp3) is 0.350. The molecule has 1 saturated heterocycles. The van der Waals surface area contributed by atoms with Gasteiger partial charge in [-0.1, -0.05) is 18.2 Å². The van der Waals surface area contributed by atoms with Crippen molar-refractivity contribution < 1.29 is 4.79 Å². The van der Waals surface area contributed by atoms with E-state index in [0.29, 0.717) is 13.0 Å². The van der Waals surface area contributed by atoms with Crippen molar-refractivity contribution in [2.24, 2.45) is 0 Å². The molecule has 1 amide bonds. The Morgan fingerprint density at radius 2 is 2.15 bits per heavy atom. The standard InChI is InChI=1S/C20H23N5O2/c26-19(7-3-4-14-12-21-17-6-2-1-5-16(14)17)22-15-10-11-25(13-15)18-8-9-20(27)24-23-18/h1-2,5-6,8-9,12,15,21H,3-4,7,10-11,13H2,(H,22,26)(H,24,27). The SMILES string of the molecule is O=C(CCCc1c[nH]c2ccccc12)NC1CCN(c2ccc(=O)[nH]n2)C1. The van der Waals surface area contributed by atoms with Crippen LogP contribution in [0.5, 0.6) is 0 Å². The summed E-state index contributed by atoms with van der Waals surface area (Å²) in [5.74, 6) is 0.835. The van der Waals surface area contributed by atoms with Crippen LogP contribution in [0.4, 0.5) is 5.82 Å². The largest absolute Gasteiger partial charge is 0.361 e. The number of nitrogens with zero attached hydrogens (tertiary/aromatic N) is 2. The number of nitrogens with one attached hydrogen (secondary N) is 3. The molecule has 4 rings (SSSR count). The number of fused-ring (bicyclic) bond motifs is 1. The lowest BCUT2D eigenvalue weighted by Gasteiger charge is -2.17. The predicted molar refractivity (Wildman–Crippen MR) is 105 cm³/mol. The third-order valence-corrected chi connectivity index (χ3v) is 5.07. The molecule has 140 valence electrons. The van der Waals surface area contributed by atoms with E-state index in [9.17, 15) is 9.59 Å². The zero-order valence-electron chi connectivity index (χ0n) is 15.1. The number of hydrogen-bond acceptors (Lipinski definition) is 4. The molecular weight excluding hydrogens is 342 g/mol. The molecule has 0 spiro atoms. The molecule has 7 heteroatoms. The second-order valence-corrected chi connectivity index (χ2v) is 6.99. The molecule has 1 aliphatic rings. The fourth-order valence-corrected chi connectivity index (χ4v) is 3.68. The minimum Gasteiger partial charge on any atom is -0.361 e. The average molecular weight is 365 g/mol. The number of carbonyl (C=O) groups is 1. The van der Waals surface area contributed by atoms with Crippen LogP contribution in [0.2, 0.25) is 0 Å². The lowest BCUT2D eigenvalue weighted by molar-refractivity contribution is -0.121. The summed E-state index contributed by atoms with van der Waals surface area (Å²) in [6.45, 7) is 1.53. The summed E-state index contributed by atoms with van der Waals surface area (Å²) in [4.78, 5) is 28.7. The quantitative estimate of drug-likeness (QED) is 0.622. The van der Waals surface area contributed by atoms with Gasteiger partial charge in [0.25, 0.3) is 5.56 Å². The van der Waals surface area contributed by atoms with Gasteiger partial charge in [0.2, 0.25) is 5.91 Å². The summed E-state index contributed by atoms with van der Waals surface area (Å²) < 4.78 is 0. The van der Waals surface area contributed by atoms with E-state index in [-0.39, 0.29) is 17.5 Å².